The second-order valence-electron chi connectivity index (χ2n) is 2.80. The standard InChI is InChI=1S/C10H10Cl3O/c1-14-9-4-2-8(3-5-9)6-7-10(11,12)13/h2-6H,7H2,1H3. The Morgan fingerprint density at radius 3 is 2.21 bits per heavy atom. The topological polar surface area (TPSA) is 9.23 Å². The van der Waals surface area contributed by atoms with Gasteiger partial charge in [0.05, 0.1) is 7.11 Å². The summed E-state index contributed by atoms with van der Waals surface area (Å²) in [5.74, 6) is 0.816. The minimum Gasteiger partial charge on any atom is -0.497 e. The van der Waals surface area contributed by atoms with E-state index in [1.165, 1.54) is 0 Å². The molecule has 0 bridgehead atoms. The van der Waals surface area contributed by atoms with Gasteiger partial charge < -0.3 is 4.74 Å². The van der Waals surface area contributed by atoms with Gasteiger partial charge in [0.25, 0.3) is 0 Å². The first-order chi connectivity index (χ1) is 6.51. The van der Waals surface area contributed by atoms with Gasteiger partial charge in [0.1, 0.15) is 5.75 Å². The van der Waals surface area contributed by atoms with Crippen LogP contribution in [0, 0.1) is 6.42 Å². The molecule has 0 amide bonds. The smallest absolute Gasteiger partial charge is 0.191 e. The molecule has 0 aromatic heterocycles. The van der Waals surface area contributed by atoms with Gasteiger partial charge >= 0.3 is 0 Å². The molecule has 0 spiro atoms. The lowest BCUT2D eigenvalue weighted by molar-refractivity contribution is 0.414. The molecule has 0 aliphatic carbocycles. The molecular weight excluding hydrogens is 242 g/mol. The summed E-state index contributed by atoms with van der Waals surface area (Å²) in [5, 5.41) is 0. The molecule has 1 radical (unpaired) electrons. The van der Waals surface area contributed by atoms with Crippen molar-refractivity contribution in [3.63, 3.8) is 0 Å². The number of rotatable bonds is 3. The maximum absolute atomic E-state index is 5.62. The molecule has 1 rings (SSSR count). The SMILES string of the molecule is COc1ccc([CH]CC(Cl)(Cl)Cl)cc1. The van der Waals surface area contributed by atoms with Gasteiger partial charge in [-0.15, -0.1) is 0 Å². The van der Waals surface area contributed by atoms with E-state index < -0.39 is 3.79 Å². The Kier molecular flexibility index (Phi) is 4.36. The highest BCUT2D eigenvalue weighted by molar-refractivity contribution is 6.67. The van der Waals surface area contributed by atoms with Crippen LogP contribution in [0.3, 0.4) is 0 Å². The lowest BCUT2D eigenvalue weighted by atomic mass is 10.1. The van der Waals surface area contributed by atoms with Gasteiger partial charge in [-0.25, -0.2) is 0 Å². The van der Waals surface area contributed by atoms with Crippen molar-refractivity contribution in [2.24, 2.45) is 0 Å². The number of hydrogen-bond donors (Lipinski definition) is 0. The summed E-state index contributed by atoms with van der Waals surface area (Å²) in [6.07, 6.45) is 2.26. The summed E-state index contributed by atoms with van der Waals surface area (Å²) >= 11 is 16.8. The molecular formula is C10H10Cl3O. The molecule has 77 valence electrons. The quantitative estimate of drug-likeness (QED) is 0.739. The molecule has 0 unspecified atom stereocenters. The summed E-state index contributed by atoms with van der Waals surface area (Å²) in [5.41, 5.74) is 1.01. The van der Waals surface area contributed by atoms with Crippen LogP contribution in [-0.4, -0.2) is 10.9 Å². The number of hydrogen-bond acceptors (Lipinski definition) is 1. The third kappa shape index (κ3) is 4.41. The van der Waals surface area contributed by atoms with E-state index in [-0.39, 0.29) is 0 Å². The largest absolute Gasteiger partial charge is 0.497 e. The van der Waals surface area contributed by atoms with Crippen molar-refractivity contribution in [3.05, 3.63) is 36.2 Å². The van der Waals surface area contributed by atoms with Gasteiger partial charge in [0.2, 0.25) is 0 Å². The van der Waals surface area contributed by atoms with Crippen molar-refractivity contribution in [2.45, 2.75) is 10.2 Å². The number of benzene rings is 1. The fourth-order valence-corrected chi connectivity index (χ4v) is 1.21. The van der Waals surface area contributed by atoms with Gasteiger partial charge in [-0.1, -0.05) is 46.9 Å². The normalized spacial score (nSPS) is 11.4. The van der Waals surface area contributed by atoms with Crippen LogP contribution < -0.4 is 4.74 Å². The Morgan fingerprint density at radius 2 is 1.79 bits per heavy atom. The maximum Gasteiger partial charge on any atom is 0.191 e. The van der Waals surface area contributed by atoms with E-state index in [1.54, 1.807) is 7.11 Å². The average Bonchev–Trinajstić information content (AvgIpc) is 2.14. The summed E-state index contributed by atoms with van der Waals surface area (Å²) in [6, 6.07) is 7.55. The zero-order valence-electron chi connectivity index (χ0n) is 7.64. The van der Waals surface area contributed by atoms with Gasteiger partial charge in [-0.05, 0) is 24.1 Å². The zero-order chi connectivity index (χ0) is 10.6. The van der Waals surface area contributed by atoms with E-state index >= 15 is 0 Å². The molecule has 0 aliphatic rings. The van der Waals surface area contributed by atoms with E-state index in [1.807, 2.05) is 30.7 Å². The first-order valence-electron chi connectivity index (χ1n) is 4.05. The van der Waals surface area contributed by atoms with Crippen LogP contribution >= 0.6 is 34.8 Å². The molecule has 0 saturated carbocycles. The van der Waals surface area contributed by atoms with Crippen molar-refractivity contribution in [2.75, 3.05) is 7.11 Å². The molecule has 0 heterocycles. The summed E-state index contributed by atoms with van der Waals surface area (Å²) in [4.78, 5) is 0. The molecule has 0 aliphatic heterocycles. The molecule has 14 heavy (non-hydrogen) atoms. The van der Waals surface area contributed by atoms with Gasteiger partial charge in [0.15, 0.2) is 3.79 Å². The van der Waals surface area contributed by atoms with Crippen molar-refractivity contribution in [1.29, 1.82) is 0 Å². The predicted octanol–water partition coefficient (Wildman–Crippen LogP) is 4.01. The average molecular weight is 253 g/mol. The summed E-state index contributed by atoms with van der Waals surface area (Å²) < 4.78 is 3.80. The second-order valence-corrected chi connectivity index (χ2v) is 5.31. The predicted molar refractivity (Wildman–Crippen MR) is 61.3 cm³/mol. The first-order valence-corrected chi connectivity index (χ1v) is 5.19. The van der Waals surface area contributed by atoms with E-state index in [2.05, 4.69) is 0 Å². The third-order valence-corrected chi connectivity index (χ3v) is 2.15. The third-order valence-electron chi connectivity index (χ3n) is 1.69. The molecule has 0 N–H and O–H groups in total. The molecule has 1 aromatic carbocycles. The Labute approximate surface area is 98.9 Å². The second kappa shape index (κ2) is 5.11. The van der Waals surface area contributed by atoms with E-state index in [4.69, 9.17) is 39.5 Å². The van der Waals surface area contributed by atoms with Crippen LogP contribution in [0.5, 0.6) is 5.75 Å². The highest BCUT2D eigenvalue weighted by Gasteiger charge is 2.18. The van der Waals surface area contributed by atoms with Crippen LogP contribution in [0.1, 0.15) is 12.0 Å². The van der Waals surface area contributed by atoms with Crippen LogP contribution in [0.4, 0.5) is 0 Å². The van der Waals surface area contributed by atoms with Gasteiger partial charge in [0, 0.05) is 6.42 Å². The van der Waals surface area contributed by atoms with E-state index in [9.17, 15) is 0 Å². The van der Waals surface area contributed by atoms with Crippen LogP contribution in [0.25, 0.3) is 0 Å². The Morgan fingerprint density at radius 1 is 1.21 bits per heavy atom. The Balaban J connectivity index is 2.52. The minimum atomic E-state index is -1.22. The summed E-state index contributed by atoms with van der Waals surface area (Å²) in [7, 11) is 1.63. The number of halogens is 3. The first kappa shape index (κ1) is 12.0. The van der Waals surface area contributed by atoms with Crippen molar-refractivity contribution in [3.8, 4) is 5.75 Å². The van der Waals surface area contributed by atoms with Crippen molar-refractivity contribution < 1.29 is 4.74 Å². The van der Waals surface area contributed by atoms with Crippen LogP contribution in [0.2, 0.25) is 0 Å². The van der Waals surface area contributed by atoms with Crippen molar-refractivity contribution in [1.82, 2.24) is 0 Å². The van der Waals surface area contributed by atoms with E-state index in [0.29, 0.717) is 6.42 Å². The van der Waals surface area contributed by atoms with Gasteiger partial charge in [-0.3, -0.25) is 0 Å². The highest BCUT2D eigenvalue weighted by atomic mass is 35.6. The Bertz CT molecular complexity index is 276. The summed E-state index contributed by atoms with van der Waals surface area (Å²) in [6.45, 7) is 0. The molecule has 0 atom stereocenters. The molecule has 4 heteroatoms. The molecule has 1 nitrogen and oxygen atoms in total. The van der Waals surface area contributed by atoms with E-state index in [0.717, 1.165) is 11.3 Å². The zero-order valence-corrected chi connectivity index (χ0v) is 9.90. The maximum atomic E-state index is 5.62. The number of alkyl halides is 3. The molecule has 1 aromatic rings. The molecule has 0 fully saturated rings. The Hall–Kier alpha value is -0.110. The lowest BCUT2D eigenvalue weighted by Crippen LogP contribution is -2.01. The molecule has 0 saturated heterocycles. The highest BCUT2D eigenvalue weighted by Crippen LogP contribution is 2.32. The van der Waals surface area contributed by atoms with Crippen LogP contribution in [-0.2, 0) is 0 Å². The fourth-order valence-electron chi connectivity index (χ4n) is 0.974. The van der Waals surface area contributed by atoms with Gasteiger partial charge in [-0.2, -0.15) is 0 Å². The lowest BCUT2D eigenvalue weighted by Gasteiger charge is -2.09. The fraction of sp³-hybridized carbons (Fsp3) is 0.300. The number of ether oxygens (including phenoxy) is 1. The monoisotopic (exact) mass is 251 g/mol. The van der Waals surface area contributed by atoms with Crippen LogP contribution in [0.15, 0.2) is 24.3 Å². The van der Waals surface area contributed by atoms with Crippen molar-refractivity contribution >= 4 is 34.8 Å². The minimum absolute atomic E-state index is 0.393. The number of methoxy groups -OCH3 is 1.